The lowest BCUT2D eigenvalue weighted by Gasteiger charge is -2.08. The minimum Gasteiger partial charge on any atom is -0.324 e. The number of nitrogens with two attached hydrogens (primary N) is 1. The Morgan fingerprint density at radius 3 is 2.19 bits per heavy atom. The molecule has 1 atom stereocenters. The number of benzene rings is 2. The van der Waals surface area contributed by atoms with Crippen LogP contribution in [0.25, 0.3) is 11.1 Å². The van der Waals surface area contributed by atoms with Crippen molar-refractivity contribution >= 4 is 11.6 Å². The minimum atomic E-state index is 0.0697. The largest absolute Gasteiger partial charge is 0.324 e. The lowest BCUT2D eigenvalue weighted by Crippen LogP contribution is -2.04. The second kappa shape index (κ2) is 4.69. The van der Waals surface area contributed by atoms with Gasteiger partial charge < -0.3 is 5.73 Å². The molecule has 2 rings (SSSR count). The predicted octanol–water partition coefficient (Wildman–Crippen LogP) is 4.03. The van der Waals surface area contributed by atoms with Crippen LogP contribution < -0.4 is 5.73 Å². The summed E-state index contributed by atoms with van der Waals surface area (Å²) in [5.74, 6) is 0. The fourth-order valence-electron chi connectivity index (χ4n) is 1.66. The molecule has 0 amide bonds. The van der Waals surface area contributed by atoms with Gasteiger partial charge in [-0.2, -0.15) is 0 Å². The van der Waals surface area contributed by atoms with Gasteiger partial charge in [0.2, 0.25) is 0 Å². The Morgan fingerprint density at radius 2 is 1.62 bits per heavy atom. The number of hydrogen-bond acceptors (Lipinski definition) is 1. The smallest absolute Gasteiger partial charge is 0.0484 e. The molecule has 0 unspecified atom stereocenters. The summed E-state index contributed by atoms with van der Waals surface area (Å²) in [5.41, 5.74) is 9.12. The highest BCUT2D eigenvalue weighted by Gasteiger charge is 2.03. The lowest BCUT2D eigenvalue weighted by atomic mass is 10.0. The van der Waals surface area contributed by atoms with Crippen molar-refractivity contribution in [1.82, 2.24) is 0 Å². The molecule has 0 saturated heterocycles. The van der Waals surface area contributed by atoms with Crippen molar-refractivity contribution in [2.24, 2.45) is 5.73 Å². The molecule has 0 spiro atoms. The van der Waals surface area contributed by atoms with E-state index in [0.717, 1.165) is 21.7 Å². The summed E-state index contributed by atoms with van der Waals surface area (Å²) in [6.07, 6.45) is 0. The lowest BCUT2D eigenvalue weighted by molar-refractivity contribution is 0.818. The Bertz CT molecular complexity index is 474. The predicted molar refractivity (Wildman–Crippen MR) is 69.5 cm³/mol. The van der Waals surface area contributed by atoms with Crippen LogP contribution in [0.1, 0.15) is 18.5 Å². The van der Waals surface area contributed by atoms with Crippen molar-refractivity contribution in [1.29, 1.82) is 0 Å². The molecule has 2 aromatic carbocycles. The maximum Gasteiger partial charge on any atom is 0.0484 e. The van der Waals surface area contributed by atoms with E-state index in [1.54, 1.807) is 0 Å². The molecular formula is C14H14ClN. The summed E-state index contributed by atoms with van der Waals surface area (Å²) in [7, 11) is 0. The van der Waals surface area contributed by atoms with Crippen LogP contribution in [0, 0.1) is 0 Å². The number of hydrogen-bond donors (Lipinski definition) is 1. The molecule has 1 nitrogen and oxygen atoms in total. The van der Waals surface area contributed by atoms with E-state index >= 15 is 0 Å². The average molecular weight is 232 g/mol. The van der Waals surface area contributed by atoms with Gasteiger partial charge in [0.25, 0.3) is 0 Å². The normalized spacial score (nSPS) is 12.4. The first-order valence-corrected chi connectivity index (χ1v) is 5.67. The maximum atomic E-state index is 6.14. The molecule has 0 fully saturated rings. The van der Waals surface area contributed by atoms with Crippen LogP contribution in [0.5, 0.6) is 0 Å². The quantitative estimate of drug-likeness (QED) is 0.830. The third-order valence-corrected chi connectivity index (χ3v) is 2.95. The summed E-state index contributed by atoms with van der Waals surface area (Å²) in [6.45, 7) is 1.98. The molecule has 2 aromatic rings. The van der Waals surface area contributed by atoms with E-state index < -0.39 is 0 Å². The zero-order valence-corrected chi connectivity index (χ0v) is 9.91. The van der Waals surface area contributed by atoms with Crippen molar-refractivity contribution in [2.45, 2.75) is 13.0 Å². The van der Waals surface area contributed by atoms with Gasteiger partial charge in [-0.25, -0.2) is 0 Å². The highest BCUT2D eigenvalue weighted by atomic mass is 35.5. The fraction of sp³-hybridized carbons (Fsp3) is 0.143. The Kier molecular flexibility index (Phi) is 3.28. The van der Waals surface area contributed by atoms with Gasteiger partial charge in [-0.05, 0) is 24.1 Å². The average Bonchev–Trinajstić information content (AvgIpc) is 2.30. The molecule has 0 saturated carbocycles. The van der Waals surface area contributed by atoms with Gasteiger partial charge in [0, 0.05) is 16.6 Å². The van der Waals surface area contributed by atoms with Crippen LogP contribution >= 0.6 is 11.6 Å². The molecule has 0 bridgehead atoms. The number of halogens is 1. The molecule has 16 heavy (non-hydrogen) atoms. The van der Waals surface area contributed by atoms with Crippen LogP contribution in [-0.2, 0) is 0 Å². The molecule has 0 aliphatic rings. The van der Waals surface area contributed by atoms with Crippen LogP contribution in [0.2, 0.25) is 5.02 Å². The van der Waals surface area contributed by atoms with Crippen molar-refractivity contribution < 1.29 is 0 Å². The molecule has 0 radical (unpaired) electrons. The van der Waals surface area contributed by atoms with E-state index in [1.807, 2.05) is 43.3 Å². The second-order valence-electron chi connectivity index (χ2n) is 3.89. The molecule has 0 aromatic heterocycles. The van der Waals surface area contributed by atoms with Crippen molar-refractivity contribution in [3.63, 3.8) is 0 Å². The van der Waals surface area contributed by atoms with Crippen LogP contribution in [0.15, 0.2) is 48.5 Å². The van der Waals surface area contributed by atoms with E-state index in [4.69, 9.17) is 17.3 Å². The Balaban J connectivity index is 2.39. The first-order valence-electron chi connectivity index (χ1n) is 5.29. The van der Waals surface area contributed by atoms with Gasteiger partial charge in [0.1, 0.15) is 0 Å². The second-order valence-corrected chi connectivity index (χ2v) is 4.30. The zero-order chi connectivity index (χ0) is 11.5. The van der Waals surface area contributed by atoms with Gasteiger partial charge in [-0.1, -0.05) is 54.1 Å². The summed E-state index contributed by atoms with van der Waals surface area (Å²) in [4.78, 5) is 0. The summed E-state index contributed by atoms with van der Waals surface area (Å²) in [6, 6.07) is 16.1. The Hall–Kier alpha value is -1.31. The molecular weight excluding hydrogens is 218 g/mol. The molecule has 2 heteroatoms. The summed E-state index contributed by atoms with van der Waals surface area (Å²) in [5, 5.41) is 0.774. The van der Waals surface area contributed by atoms with Gasteiger partial charge in [-0.3, -0.25) is 0 Å². The van der Waals surface area contributed by atoms with E-state index in [-0.39, 0.29) is 6.04 Å². The van der Waals surface area contributed by atoms with Gasteiger partial charge in [0.15, 0.2) is 0 Å². The van der Waals surface area contributed by atoms with E-state index in [1.165, 1.54) is 0 Å². The first-order chi connectivity index (χ1) is 7.68. The van der Waals surface area contributed by atoms with Gasteiger partial charge in [-0.15, -0.1) is 0 Å². The SMILES string of the molecule is C[C@H](N)c1ccc(-c2ccccc2Cl)cc1. The topological polar surface area (TPSA) is 26.0 Å². The van der Waals surface area contributed by atoms with Crippen molar-refractivity contribution in [3.8, 4) is 11.1 Å². The van der Waals surface area contributed by atoms with Crippen molar-refractivity contribution in [3.05, 3.63) is 59.1 Å². The van der Waals surface area contributed by atoms with Gasteiger partial charge in [0.05, 0.1) is 0 Å². The van der Waals surface area contributed by atoms with Crippen LogP contribution in [-0.4, -0.2) is 0 Å². The van der Waals surface area contributed by atoms with Crippen LogP contribution in [0.4, 0.5) is 0 Å². The zero-order valence-electron chi connectivity index (χ0n) is 9.15. The van der Waals surface area contributed by atoms with Gasteiger partial charge >= 0.3 is 0 Å². The molecule has 2 N–H and O–H groups in total. The minimum absolute atomic E-state index is 0.0697. The van der Waals surface area contributed by atoms with Crippen LogP contribution in [0.3, 0.4) is 0 Å². The fourth-order valence-corrected chi connectivity index (χ4v) is 1.91. The standard InChI is InChI=1S/C14H14ClN/c1-10(16)11-6-8-12(9-7-11)13-4-2-3-5-14(13)15/h2-10H,16H2,1H3/t10-/m0/s1. The van der Waals surface area contributed by atoms with Crippen molar-refractivity contribution in [2.75, 3.05) is 0 Å². The Morgan fingerprint density at radius 1 is 1.00 bits per heavy atom. The first kappa shape index (κ1) is 11.2. The van der Waals surface area contributed by atoms with E-state index in [9.17, 15) is 0 Å². The third kappa shape index (κ3) is 2.26. The third-order valence-electron chi connectivity index (χ3n) is 2.62. The monoisotopic (exact) mass is 231 g/mol. The highest BCUT2D eigenvalue weighted by Crippen LogP contribution is 2.28. The summed E-state index contributed by atoms with van der Waals surface area (Å²) >= 11 is 6.14. The molecule has 0 aliphatic heterocycles. The Labute approximate surface area is 101 Å². The highest BCUT2D eigenvalue weighted by molar-refractivity contribution is 6.33. The number of rotatable bonds is 2. The molecule has 0 aliphatic carbocycles. The molecule has 82 valence electrons. The molecule has 0 heterocycles. The summed E-state index contributed by atoms with van der Waals surface area (Å²) < 4.78 is 0. The van der Waals surface area contributed by atoms with E-state index in [2.05, 4.69) is 12.1 Å². The maximum absolute atomic E-state index is 6.14. The van der Waals surface area contributed by atoms with E-state index in [0.29, 0.717) is 0 Å².